The van der Waals surface area contributed by atoms with Gasteiger partial charge in [0.1, 0.15) is 5.54 Å². The second kappa shape index (κ2) is 7.47. The van der Waals surface area contributed by atoms with Gasteiger partial charge < -0.3 is 10.6 Å². The lowest BCUT2D eigenvalue weighted by Gasteiger charge is -2.37. The number of benzene rings is 1. The van der Waals surface area contributed by atoms with Gasteiger partial charge in [-0.2, -0.15) is 0 Å². The molecule has 2 aliphatic carbocycles. The van der Waals surface area contributed by atoms with E-state index in [1.165, 1.54) is 16.0 Å². The van der Waals surface area contributed by atoms with Crippen LogP contribution in [0.15, 0.2) is 24.3 Å². The summed E-state index contributed by atoms with van der Waals surface area (Å²) in [6.45, 7) is 4.80. The molecule has 0 aromatic heterocycles. The number of fused-ring (bicyclic) bond motifs is 1. The van der Waals surface area contributed by atoms with E-state index in [2.05, 4.69) is 42.7 Å². The molecule has 0 bridgehead atoms. The van der Waals surface area contributed by atoms with Crippen molar-refractivity contribution < 1.29 is 14.4 Å². The number of carbonyl (C=O) groups is 3. The first-order valence-electron chi connectivity index (χ1n) is 10.9. The molecule has 6 heteroatoms. The summed E-state index contributed by atoms with van der Waals surface area (Å²) >= 11 is 0. The zero-order valence-corrected chi connectivity index (χ0v) is 17.4. The van der Waals surface area contributed by atoms with Gasteiger partial charge in [0.15, 0.2) is 0 Å². The molecule has 4 amide bonds. The SMILES string of the molecule is CC1(C)CCC(NC(=O)CCCN2C(=O)NC3(CCCC3)C2=O)c2ccccc21. The molecule has 0 radical (unpaired) electrons. The fraction of sp³-hybridized carbons (Fsp3) is 0.609. The van der Waals surface area contributed by atoms with Crippen LogP contribution in [0.5, 0.6) is 0 Å². The van der Waals surface area contributed by atoms with Crippen LogP contribution in [0.25, 0.3) is 0 Å². The molecule has 1 saturated carbocycles. The molecule has 3 aliphatic rings. The Kier molecular flexibility index (Phi) is 5.13. The van der Waals surface area contributed by atoms with Crippen LogP contribution in [0.4, 0.5) is 4.79 Å². The van der Waals surface area contributed by atoms with Crippen LogP contribution in [-0.4, -0.2) is 34.8 Å². The monoisotopic (exact) mass is 397 g/mol. The van der Waals surface area contributed by atoms with Crippen molar-refractivity contribution in [1.82, 2.24) is 15.5 Å². The summed E-state index contributed by atoms with van der Waals surface area (Å²) in [5.74, 6) is -0.129. The molecule has 1 aromatic rings. The average Bonchev–Trinajstić information content (AvgIpc) is 3.25. The molecule has 1 atom stereocenters. The predicted molar refractivity (Wildman–Crippen MR) is 110 cm³/mol. The van der Waals surface area contributed by atoms with Crippen molar-refractivity contribution >= 4 is 17.8 Å². The Balaban J connectivity index is 1.31. The first-order chi connectivity index (χ1) is 13.8. The van der Waals surface area contributed by atoms with Crippen molar-refractivity contribution in [2.24, 2.45) is 0 Å². The highest BCUT2D eigenvalue weighted by molar-refractivity contribution is 6.07. The Morgan fingerprint density at radius 3 is 2.66 bits per heavy atom. The quantitative estimate of drug-likeness (QED) is 0.746. The molecule has 4 rings (SSSR count). The molecule has 2 N–H and O–H groups in total. The van der Waals surface area contributed by atoms with Gasteiger partial charge in [-0.1, -0.05) is 51.0 Å². The predicted octanol–water partition coefficient (Wildman–Crippen LogP) is 3.56. The highest BCUT2D eigenvalue weighted by atomic mass is 16.2. The average molecular weight is 398 g/mol. The number of hydrogen-bond acceptors (Lipinski definition) is 3. The molecule has 1 aromatic carbocycles. The summed E-state index contributed by atoms with van der Waals surface area (Å²) in [5, 5.41) is 6.05. The third-order valence-electron chi connectivity index (χ3n) is 6.95. The van der Waals surface area contributed by atoms with Crippen molar-refractivity contribution in [2.75, 3.05) is 6.54 Å². The molecule has 1 aliphatic heterocycles. The van der Waals surface area contributed by atoms with Crippen LogP contribution in [0.3, 0.4) is 0 Å². The summed E-state index contributed by atoms with van der Waals surface area (Å²) in [6, 6.07) is 8.07. The molecule has 29 heavy (non-hydrogen) atoms. The van der Waals surface area contributed by atoms with Gasteiger partial charge in [0.25, 0.3) is 5.91 Å². The number of urea groups is 1. The minimum absolute atomic E-state index is 0.0212. The van der Waals surface area contributed by atoms with E-state index >= 15 is 0 Å². The first-order valence-corrected chi connectivity index (χ1v) is 10.9. The van der Waals surface area contributed by atoms with Crippen molar-refractivity contribution in [3.05, 3.63) is 35.4 Å². The van der Waals surface area contributed by atoms with E-state index in [-0.39, 0.29) is 29.3 Å². The second-order valence-electron chi connectivity index (χ2n) is 9.41. The minimum atomic E-state index is -0.669. The molecule has 156 valence electrons. The van der Waals surface area contributed by atoms with Gasteiger partial charge in [-0.15, -0.1) is 0 Å². The number of rotatable bonds is 5. The molecule has 1 saturated heterocycles. The third kappa shape index (κ3) is 3.65. The molecule has 1 unspecified atom stereocenters. The van der Waals surface area contributed by atoms with Crippen LogP contribution in [0.2, 0.25) is 0 Å². The second-order valence-corrected chi connectivity index (χ2v) is 9.41. The maximum absolute atomic E-state index is 12.7. The van der Waals surface area contributed by atoms with E-state index in [1.54, 1.807) is 0 Å². The van der Waals surface area contributed by atoms with Gasteiger partial charge in [0, 0.05) is 13.0 Å². The Labute approximate surface area is 172 Å². The van der Waals surface area contributed by atoms with Crippen molar-refractivity contribution in [3.8, 4) is 0 Å². The van der Waals surface area contributed by atoms with E-state index in [0.717, 1.165) is 38.5 Å². The topological polar surface area (TPSA) is 78.5 Å². The van der Waals surface area contributed by atoms with Gasteiger partial charge in [0.05, 0.1) is 6.04 Å². The van der Waals surface area contributed by atoms with Crippen LogP contribution in [-0.2, 0) is 15.0 Å². The van der Waals surface area contributed by atoms with E-state index in [9.17, 15) is 14.4 Å². The Hall–Kier alpha value is -2.37. The lowest BCUT2D eigenvalue weighted by Crippen LogP contribution is -2.44. The van der Waals surface area contributed by atoms with Gasteiger partial charge in [-0.05, 0) is 48.6 Å². The number of amides is 4. The molecular weight excluding hydrogens is 366 g/mol. The van der Waals surface area contributed by atoms with Gasteiger partial charge in [-0.25, -0.2) is 4.79 Å². The van der Waals surface area contributed by atoms with Crippen LogP contribution < -0.4 is 10.6 Å². The zero-order chi connectivity index (χ0) is 20.6. The van der Waals surface area contributed by atoms with Crippen molar-refractivity contribution in [3.63, 3.8) is 0 Å². The summed E-state index contributed by atoms with van der Waals surface area (Å²) < 4.78 is 0. The summed E-state index contributed by atoms with van der Waals surface area (Å²) in [7, 11) is 0. The number of imide groups is 1. The standard InChI is InChI=1S/C23H31N3O3/c1-22(2)14-11-18(16-8-3-4-9-17(16)22)24-19(27)10-7-15-26-20(28)23(25-21(26)29)12-5-6-13-23/h3-4,8-9,18H,5-7,10-15H2,1-2H3,(H,24,27)(H,25,29). The number of nitrogens with zero attached hydrogens (tertiary/aromatic N) is 1. The summed E-state index contributed by atoms with van der Waals surface area (Å²) in [6.07, 6.45) is 6.15. The largest absolute Gasteiger partial charge is 0.349 e. The highest BCUT2D eigenvalue weighted by Gasteiger charge is 2.52. The van der Waals surface area contributed by atoms with Crippen molar-refractivity contribution in [2.45, 2.75) is 82.2 Å². The zero-order valence-electron chi connectivity index (χ0n) is 17.4. The molecule has 2 fully saturated rings. The molecule has 1 spiro atoms. The third-order valence-corrected chi connectivity index (χ3v) is 6.95. The normalized spacial score (nSPS) is 24.5. The Morgan fingerprint density at radius 2 is 1.90 bits per heavy atom. The number of nitrogens with one attached hydrogen (secondary N) is 2. The van der Waals surface area contributed by atoms with Crippen LogP contribution >= 0.6 is 0 Å². The molecular formula is C23H31N3O3. The minimum Gasteiger partial charge on any atom is -0.349 e. The highest BCUT2D eigenvalue weighted by Crippen LogP contribution is 2.41. The van der Waals surface area contributed by atoms with Crippen LogP contribution in [0, 0.1) is 0 Å². The molecule has 1 heterocycles. The maximum Gasteiger partial charge on any atom is 0.325 e. The lowest BCUT2D eigenvalue weighted by molar-refractivity contribution is -0.131. The Bertz CT molecular complexity index is 826. The van der Waals surface area contributed by atoms with E-state index in [1.807, 2.05) is 6.07 Å². The van der Waals surface area contributed by atoms with Crippen LogP contribution in [0.1, 0.15) is 82.4 Å². The van der Waals surface area contributed by atoms with Gasteiger partial charge >= 0.3 is 6.03 Å². The van der Waals surface area contributed by atoms with E-state index < -0.39 is 5.54 Å². The summed E-state index contributed by atoms with van der Waals surface area (Å²) in [5.41, 5.74) is 1.96. The van der Waals surface area contributed by atoms with Gasteiger partial charge in [-0.3, -0.25) is 14.5 Å². The number of carbonyl (C=O) groups excluding carboxylic acids is 3. The summed E-state index contributed by atoms with van der Waals surface area (Å²) in [4.78, 5) is 38.8. The van der Waals surface area contributed by atoms with E-state index in [4.69, 9.17) is 0 Å². The Morgan fingerprint density at radius 1 is 1.17 bits per heavy atom. The van der Waals surface area contributed by atoms with Gasteiger partial charge in [0.2, 0.25) is 5.91 Å². The fourth-order valence-electron chi connectivity index (χ4n) is 5.22. The van der Waals surface area contributed by atoms with Crippen molar-refractivity contribution in [1.29, 1.82) is 0 Å². The van der Waals surface area contributed by atoms with E-state index in [0.29, 0.717) is 19.4 Å². The smallest absolute Gasteiger partial charge is 0.325 e. The number of hydrogen-bond donors (Lipinski definition) is 2. The maximum atomic E-state index is 12.7. The molecule has 6 nitrogen and oxygen atoms in total. The first kappa shape index (κ1) is 19.9. The fourth-order valence-corrected chi connectivity index (χ4v) is 5.22. The lowest BCUT2D eigenvalue weighted by atomic mass is 9.71.